The fourth-order valence-corrected chi connectivity index (χ4v) is 6.04. The Morgan fingerprint density at radius 2 is 1.76 bits per heavy atom. The maximum atomic E-state index is 13.4. The van der Waals surface area contributed by atoms with E-state index in [0.717, 1.165) is 36.9 Å². The molecule has 6 nitrogen and oxygen atoms in total. The molecule has 1 saturated heterocycles. The molecule has 194 valence electrons. The van der Waals surface area contributed by atoms with Crippen molar-refractivity contribution in [3.05, 3.63) is 105 Å². The zero-order chi connectivity index (χ0) is 26.1. The molecule has 1 aliphatic carbocycles. The summed E-state index contributed by atoms with van der Waals surface area (Å²) >= 11 is 0. The largest absolute Gasteiger partial charge is 0.345 e. The molecule has 1 atom stereocenters. The molecule has 1 N–H and O–H groups in total. The van der Waals surface area contributed by atoms with E-state index in [0.29, 0.717) is 16.6 Å². The molecule has 1 amide bonds. The first-order valence-electron chi connectivity index (χ1n) is 13.8. The SMILES string of the molecule is Cc1nn(-c2cccc(C(=O)N[C@@H]3CCCc4cc(CN5CCCCC5)ccc43)c2)c(=O)c2ccccc12. The summed E-state index contributed by atoms with van der Waals surface area (Å²) in [5.74, 6) is -0.132. The number of likely N-dealkylation sites (tertiary alicyclic amines) is 1. The van der Waals surface area contributed by atoms with Crippen LogP contribution in [0.25, 0.3) is 16.5 Å². The minimum absolute atomic E-state index is 0.0114. The minimum Gasteiger partial charge on any atom is -0.345 e. The molecule has 0 spiro atoms. The predicted octanol–water partition coefficient (Wildman–Crippen LogP) is 5.49. The Morgan fingerprint density at radius 3 is 2.61 bits per heavy atom. The molecule has 1 aliphatic heterocycles. The van der Waals surface area contributed by atoms with Gasteiger partial charge in [0.2, 0.25) is 0 Å². The van der Waals surface area contributed by atoms with Crippen LogP contribution >= 0.6 is 0 Å². The smallest absolute Gasteiger partial charge is 0.279 e. The van der Waals surface area contributed by atoms with Gasteiger partial charge < -0.3 is 5.32 Å². The van der Waals surface area contributed by atoms with Gasteiger partial charge in [0.15, 0.2) is 0 Å². The van der Waals surface area contributed by atoms with Crippen LogP contribution in [0, 0.1) is 6.92 Å². The molecule has 2 aliphatic rings. The zero-order valence-electron chi connectivity index (χ0n) is 22.0. The van der Waals surface area contributed by atoms with E-state index in [9.17, 15) is 9.59 Å². The van der Waals surface area contributed by atoms with Crippen molar-refractivity contribution in [1.82, 2.24) is 20.0 Å². The summed E-state index contributed by atoms with van der Waals surface area (Å²) in [6.45, 7) is 5.29. The fraction of sp³-hybridized carbons (Fsp3) is 0.344. The molecule has 2 heterocycles. The molecule has 3 aromatic carbocycles. The summed E-state index contributed by atoms with van der Waals surface area (Å²) in [5, 5.41) is 9.27. The third-order valence-corrected chi connectivity index (χ3v) is 8.02. The van der Waals surface area contributed by atoms with Crippen molar-refractivity contribution in [2.75, 3.05) is 13.1 Å². The van der Waals surface area contributed by atoms with Gasteiger partial charge in [0.1, 0.15) is 0 Å². The third kappa shape index (κ3) is 4.88. The lowest BCUT2D eigenvalue weighted by atomic mass is 9.86. The number of piperidine rings is 1. The second kappa shape index (κ2) is 10.5. The van der Waals surface area contributed by atoms with E-state index in [4.69, 9.17) is 0 Å². The van der Waals surface area contributed by atoms with Crippen LogP contribution in [0.2, 0.25) is 0 Å². The first-order valence-corrected chi connectivity index (χ1v) is 13.8. The lowest BCUT2D eigenvalue weighted by Crippen LogP contribution is -2.32. The van der Waals surface area contributed by atoms with Crippen LogP contribution in [-0.2, 0) is 13.0 Å². The molecule has 6 rings (SSSR count). The molecule has 4 aromatic rings. The normalized spacial score (nSPS) is 17.8. The highest BCUT2D eigenvalue weighted by atomic mass is 16.2. The molecule has 0 saturated carbocycles. The maximum Gasteiger partial charge on any atom is 0.279 e. The van der Waals surface area contributed by atoms with Gasteiger partial charge in [0, 0.05) is 17.5 Å². The number of rotatable bonds is 5. The highest BCUT2D eigenvalue weighted by Gasteiger charge is 2.23. The van der Waals surface area contributed by atoms with Crippen LogP contribution in [0.15, 0.2) is 71.5 Å². The number of fused-ring (bicyclic) bond motifs is 2. The quantitative estimate of drug-likeness (QED) is 0.389. The number of hydrogen-bond donors (Lipinski definition) is 1. The minimum atomic E-state index is -0.190. The van der Waals surface area contributed by atoms with Gasteiger partial charge in [-0.25, -0.2) is 0 Å². The van der Waals surface area contributed by atoms with E-state index < -0.39 is 0 Å². The Kier molecular flexibility index (Phi) is 6.81. The van der Waals surface area contributed by atoms with E-state index in [1.807, 2.05) is 43.3 Å². The predicted molar refractivity (Wildman–Crippen MR) is 151 cm³/mol. The second-order valence-electron chi connectivity index (χ2n) is 10.7. The van der Waals surface area contributed by atoms with E-state index in [-0.39, 0.29) is 17.5 Å². The average Bonchev–Trinajstić information content (AvgIpc) is 2.95. The summed E-state index contributed by atoms with van der Waals surface area (Å²) < 4.78 is 1.40. The van der Waals surface area contributed by atoms with Gasteiger partial charge in [-0.2, -0.15) is 9.78 Å². The lowest BCUT2D eigenvalue weighted by molar-refractivity contribution is 0.0932. The number of nitrogens with zero attached hydrogens (tertiary/aromatic N) is 3. The van der Waals surface area contributed by atoms with Gasteiger partial charge in [-0.15, -0.1) is 0 Å². The standard InChI is InChI=1S/C32H34N4O2/c1-22-27-12-3-4-13-29(27)32(38)36(34-22)26-11-7-10-25(20-26)31(37)33-30-14-8-9-24-19-23(15-16-28(24)30)21-35-17-5-2-6-18-35/h3-4,7,10-13,15-16,19-20,30H,2,5-6,8-9,14,17-18,21H2,1H3,(H,33,37)/t30-/m1/s1. The van der Waals surface area contributed by atoms with Crippen LogP contribution < -0.4 is 10.9 Å². The topological polar surface area (TPSA) is 67.2 Å². The Morgan fingerprint density at radius 1 is 0.947 bits per heavy atom. The lowest BCUT2D eigenvalue weighted by Gasteiger charge is -2.29. The van der Waals surface area contributed by atoms with E-state index in [1.54, 1.807) is 12.1 Å². The molecular formula is C32H34N4O2. The molecule has 1 aromatic heterocycles. The number of hydrogen-bond acceptors (Lipinski definition) is 4. The van der Waals surface area contributed by atoms with Crippen LogP contribution in [0.5, 0.6) is 0 Å². The van der Waals surface area contributed by atoms with Crippen molar-refractivity contribution >= 4 is 16.7 Å². The first-order chi connectivity index (χ1) is 18.6. The summed E-state index contributed by atoms with van der Waals surface area (Å²) in [4.78, 5) is 29.1. The maximum absolute atomic E-state index is 13.4. The summed E-state index contributed by atoms with van der Waals surface area (Å²) in [7, 11) is 0. The number of amides is 1. The van der Waals surface area contributed by atoms with Gasteiger partial charge >= 0.3 is 0 Å². The third-order valence-electron chi connectivity index (χ3n) is 8.02. The van der Waals surface area contributed by atoms with Crippen LogP contribution in [0.1, 0.15) is 70.9 Å². The highest BCUT2D eigenvalue weighted by molar-refractivity contribution is 5.95. The molecule has 1 fully saturated rings. The molecule has 0 unspecified atom stereocenters. The highest BCUT2D eigenvalue weighted by Crippen LogP contribution is 2.31. The van der Waals surface area contributed by atoms with E-state index >= 15 is 0 Å². The molecule has 0 bridgehead atoms. The van der Waals surface area contributed by atoms with Crippen molar-refractivity contribution < 1.29 is 4.79 Å². The van der Waals surface area contributed by atoms with Crippen LogP contribution in [0.4, 0.5) is 0 Å². The van der Waals surface area contributed by atoms with Crippen molar-refractivity contribution in [2.45, 2.75) is 58.0 Å². The average molecular weight is 507 g/mol. The summed E-state index contributed by atoms with van der Waals surface area (Å²) in [5.41, 5.74) is 5.64. The number of aryl methyl sites for hydroxylation is 2. The van der Waals surface area contributed by atoms with Crippen LogP contribution in [0.3, 0.4) is 0 Å². The first kappa shape index (κ1) is 24.6. The molecular weight excluding hydrogens is 472 g/mol. The van der Waals surface area contributed by atoms with Crippen molar-refractivity contribution in [3.8, 4) is 5.69 Å². The van der Waals surface area contributed by atoms with Crippen molar-refractivity contribution in [1.29, 1.82) is 0 Å². The Bertz CT molecular complexity index is 1550. The summed E-state index contributed by atoms with van der Waals surface area (Å²) in [6.07, 6.45) is 6.98. The summed E-state index contributed by atoms with van der Waals surface area (Å²) in [6, 6.07) is 21.5. The Labute approximate surface area is 223 Å². The monoisotopic (exact) mass is 506 g/mol. The number of benzene rings is 3. The van der Waals surface area contributed by atoms with Crippen LogP contribution in [-0.4, -0.2) is 33.7 Å². The van der Waals surface area contributed by atoms with Gasteiger partial charge in [0.05, 0.1) is 22.8 Å². The number of carbonyl (C=O) groups excluding carboxylic acids is 1. The van der Waals surface area contributed by atoms with E-state index in [2.05, 4.69) is 33.5 Å². The molecule has 0 radical (unpaired) electrons. The second-order valence-corrected chi connectivity index (χ2v) is 10.7. The van der Waals surface area contributed by atoms with Crippen molar-refractivity contribution in [3.63, 3.8) is 0 Å². The molecule has 6 heteroatoms. The van der Waals surface area contributed by atoms with Crippen molar-refractivity contribution in [2.24, 2.45) is 0 Å². The number of carbonyl (C=O) groups is 1. The zero-order valence-corrected chi connectivity index (χ0v) is 22.0. The fourth-order valence-electron chi connectivity index (χ4n) is 6.04. The Balaban J connectivity index is 1.22. The van der Waals surface area contributed by atoms with Gasteiger partial charge in [-0.1, -0.05) is 48.9 Å². The van der Waals surface area contributed by atoms with Gasteiger partial charge in [-0.05, 0) is 93.1 Å². The number of aromatic nitrogens is 2. The Hall–Kier alpha value is -3.77. The van der Waals surface area contributed by atoms with Gasteiger partial charge in [0.25, 0.3) is 11.5 Å². The number of nitrogens with one attached hydrogen (secondary N) is 1. The molecule has 38 heavy (non-hydrogen) atoms. The van der Waals surface area contributed by atoms with Gasteiger partial charge in [-0.3, -0.25) is 14.5 Å². The van der Waals surface area contributed by atoms with E-state index in [1.165, 1.54) is 53.7 Å².